The third-order valence-electron chi connectivity index (χ3n) is 9.45. The van der Waals surface area contributed by atoms with Gasteiger partial charge in [-0.15, -0.1) is 0 Å². The fourth-order valence-electron chi connectivity index (χ4n) is 6.26. The van der Waals surface area contributed by atoms with E-state index in [9.17, 15) is 48.6 Å². The van der Waals surface area contributed by atoms with E-state index < -0.39 is 93.9 Å². The molecule has 2 unspecified atom stereocenters. The first kappa shape index (κ1) is 45.5. The van der Waals surface area contributed by atoms with E-state index in [1.165, 1.54) is 50.3 Å². The Bertz CT molecular complexity index is 2170. The highest BCUT2D eigenvalue weighted by molar-refractivity contribution is 6.16. The summed E-state index contributed by atoms with van der Waals surface area (Å²) in [4.78, 5) is 99.8. The number of ether oxygens (including phenoxy) is 10. The maximum Gasteiger partial charge on any atom is 0.348 e. The minimum Gasteiger partial charge on any atom is -0.480 e. The molecule has 0 aromatic carbocycles. The molecular formula is C42H40O20. The largest absolute Gasteiger partial charge is 0.480 e. The molecule has 4 aliphatic heterocycles. The minimum atomic E-state index is -1.73. The number of hydrogen-bond acceptors (Lipinski definition) is 20. The maximum atomic E-state index is 12.9. The second-order valence-corrected chi connectivity index (χ2v) is 14.1. The molecule has 0 aromatic heterocycles. The molecule has 2 spiro atoms. The van der Waals surface area contributed by atoms with E-state index in [2.05, 4.69) is 4.74 Å². The van der Waals surface area contributed by atoms with E-state index in [0.717, 1.165) is 24.3 Å². The van der Waals surface area contributed by atoms with Crippen LogP contribution in [0.2, 0.25) is 0 Å². The molecule has 0 amide bonds. The number of terminal acetylenes is 1. The van der Waals surface area contributed by atoms with Gasteiger partial charge in [0.15, 0.2) is 0 Å². The van der Waals surface area contributed by atoms with Crippen LogP contribution in [0.1, 0.15) is 72.1 Å². The van der Waals surface area contributed by atoms with Crippen molar-refractivity contribution in [3.63, 3.8) is 0 Å². The van der Waals surface area contributed by atoms with Crippen molar-refractivity contribution in [3.05, 3.63) is 94.9 Å². The van der Waals surface area contributed by atoms with Gasteiger partial charge in [0, 0.05) is 52.4 Å². The number of carbonyl (C=O) groups is 8. The van der Waals surface area contributed by atoms with Crippen LogP contribution in [-0.2, 0) is 85.7 Å². The molecule has 0 radical (unpaired) electrons. The molecule has 2 N–H and O–H groups in total. The average Bonchev–Trinajstić information content (AvgIpc) is 3.18. The molecule has 3 fully saturated rings. The fraction of sp³-hybridized carbons (Fsp3) is 0.381. The Balaban J connectivity index is 1.11. The number of rotatable bonds is 13. The van der Waals surface area contributed by atoms with Crippen molar-refractivity contribution in [1.29, 1.82) is 0 Å². The summed E-state index contributed by atoms with van der Waals surface area (Å²) in [6, 6.07) is 0. The van der Waals surface area contributed by atoms with Crippen LogP contribution in [0, 0.1) is 12.5 Å². The summed E-state index contributed by atoms with van der Waals surface area (Å²) in [5.74, 6) is -15.5. The Morgan fingerprint density at radius 3 is 1.34 bits per heavy atom. The second kappa shape index (κ2) is 18.8. The molecular weight excluding hydrogens is 824 g/mol. The van der Waals surface area contributed by atoms with Gasteiger partial charge in [0.1, 0.15) is 28.4 Å². The number of carbonyl (C=O) groups excluding carboxylic acids is 8. The van der Waals surface area contributed by atoms with Crippen LogP contribution < -0.4 is 0 Å². The summed E-state index contributed by atoms with van der Waals surface area (Å²) in [7, 11) is 0. The Hall–Kier alpha value is -7.56. The van der Waals surface area contributed by atoms with Gasteiger partial charge in [0.2, 0.25) is 0 Å². The highest BCUT2D eigenvalue weighted by Gasteiger charge is 2.57. The molecule has 328 valence electrons. The van der Waals surface area contributed by atoms with Crippen LogP contribution in [0.3, 0.4) is 0 Å². The highest BCUT2D eigenvalue weighted by Crippen LogP contribution is 2.45. The standard InChI is InChI=1S/C42H40O20/c1-5-53-29(43)17-19-39(3)55-31(45)25(32(46)56-39)13-9-7-11-15-27-35(49)59-41(60-36(27)50)21-23-42(24-22-41)61-37(51)28(38(52)62-42)16-12-8-10-14-26-33(47)57-40(4,58-34(26)48)20-18-30(44)54-6-2/h1,7-16,45,47H,6,17-24H2,2-4H3/b11-7+,12-8+,13-9+,14-10+,27-15?,28-16?. The van der Waals surface area contributed by atoms with Crippen LogP contribution in [0.5, 0.6) is 0 Å². The smallest absolute Gasteiger partial charge is 0.348 e. The molecule has 4 heterocycles. The van der Waals surface area contributed by atoms with Crippen LogP contribution in [-0.4, -0.2) is 87.7 Å². The zero-order chi connectivity index (χ0) is 45.3. The molecule has 5 aliphatic rings. The average molecular weight is 865 g/mol. The normalized spacial score (nSPS) is 27.6. The molecule has 1 saturated carbocycles. The van der Waals surface area contributed by atoms with Crippen molar-refractivity contribution in [2.45, 2.75) is 95.3 Å². The van der Waals surface area contributed by atoms with Gasteiger partial charge >= 0.3 is 47.8 Å². The van der Waals surface area contributed by atoms with Crippen molar-refractivity contribution in [1.82, 2.24) is 0 Å². The molecule has 20 heteroatoms. The van der Waals surface area contributed by atoms with Gasteiger partial charge in [-0.2, -0.15) is 0 Å². The van der Waals surface area contributed by atoms with Crippen LogP contribution in [0.4, 0.5) is 0 Å². The fourth-order valence-corrected chi connectivity index (χ4v) is 6.26. The summed E-state index contributed by atoms with van der Waals surface area (Å²) in [5, 5.41) is 20.6. The van der Waals surface area contributed by atoms with E-state index in [0.29, 0.717) is 0 Å². The van der Waals surface area contributed by atoms with Crippen molar-refractivity contribution in [2.24, 2.45) is 0 Å². The van der Waals surface area contributed by atoms with E-state index in [1.807, 2.05) is 0 Å². The highest BCUT2D eigenvalue weighted by atomic mass is 16.8. The van der Waals surface area contributed by atoms with Gasteiger partial charge in [-0.1, -0.05) is 42.9 Å². The molecule has 0 aromatic rings. The number of hydrogen-bond donors (Lipinski definition) is 2. The van der Waals surface area contributed by atoms with Gasteiger partial charge in [-0.05, 0) is 31.2 Å². The van der Waals surface area contributed by atoms with E-state index in [-0.39, 0.29) is 69.1 Å². The number of aliphatic hydroxyl groups is 2. The minimum absolute atomic E-state index is 0.0743. The second-order valence-electron chi connectivity index (χ2n) is 14.1. The lowest BCUT2D eigenvalue weighted by molar-refractivity contribution is -0.291. The topological polar surface area (TPSA) is 269 Å². The number of esters is 8. The van der Waals surface area contributed by atoms with Crippen molar-refractivity contribution >= 4 is 47.8 Å². The van der Waals surface area contributed by atoms with Gasteiger partial charge in [0.05, 0.1) is 19.4 Å². The Morgan fingerprint density at radius 2 is 0.984 bits per heavy atom. The van der Waals surface area contributed by atoms with Crippen LogP contribution in [0.15, 0.2) is 94.9 Å². The summed E-state index contributed by atoms with van der Waals surface area (Å²) >= 11 is 0. The predicted octanol–water partition coefficient (Wildman–Crippen LogP) is 3.61. The monoisotopic (exact) mass is 864 g/mol. The first-order chi connectivity index (χ1) is 29.3. The summed E-state index contributed by atoms with van der Waals surface area (Å²) in [6.07, 6.45) is 17.4. The van der Waals surface area contributed by atoms with Crippen molar-refractivity contribution < 1.29 is 95.9 Å². The zero-order valence-corrected chi connectivity index (χ0v) is 33.5. The van der Waals surface area contributed by atoms with E-state index >= 15 is 0 Å². The maximum absolute atomic E-state index is 12.9. The Morgan fingerprint density at radius 1 is 0.597 bits per heavy atom. The van der Waals surface area contributed by atoms with Gasteiger partial charge < -0.3 is 57.6 Å². The van der Waals surface area contributed by atoms with E-state index in [1.54, 1.807) is 13.0 Å². The van der Waals surface area contributed by atoms with Gasteiger partial charge in [-0.3, -0.25) is 9.59 Å². The summed E-state index contributed by atoms with van der Waals surface area (Å²) in [6.45, 7) is 4.51. The molecule has 62 heavy (non-hydrogen) atoms. The van der Waals surface area contributed by atoms with Crippen molar-refractivity contribution in [2.75, 3.05) is 6.61 Å². The predicted molar refractivity (Wildman–Crippen MR) is 202 cm³/mol. The van der Waals surface area contributed by atoms with Crippen LogP contribution in [0.25, 0.3) is 0 Å². The molecule has 5 rings (SSSR count). The molecule has 1 aliphatic carbocycles. The van der Waals surface area contributed by atoms with Gasteiger partial charge in [-0.25, -0.2) is 28.8 Å². The number of aliphatic hydroxyl groups excluding tert-OH is 2. The number of allylic oxidation sites excluding steroid dienone is 8. The van der Waals surface area contributed by atoms with E-state index in [4.69, 9.17) is 49.1 Å². The first-order valence-corrected chi connectivity index (χ1v) is 18.9. The molecule has 20 nitrogen and oxygen atoms in total. The first-order valence-electron chi connectivity index (χ1n) is 18.9. The third-order valence-corrected chi connectivity index (χ3v) is 9.45. The zero-order valence-electron chi connectivity index (χ0n) is 33.5. The SMILES string of the molecule is C#COC(=O)CCC1(C)OC(=O)C(/C=C/C=C/C=C2C(=O)OC3(CCC4(CC3)OC(=O)C(=C/C=C/C=C/C3=C(O)OC(C)(CCC(=O)OCC)OC3=O)C(=O)O4)OC2=O)=C(O)O1. The molecule has 0 bridgehead atoms. The lowest BCUT2D eigenvalue weighted by Crippen LogP contribution is -2.56. The lowest BCUT2D eigenvalue weighted by atomic mass is 9.87. The summed E-state index contributed by atoms with van der Waals surface area (Å²) in [5.41, 5.74) is -1.63. The van der Waals surface area contributed by atoms with Crippen LogP contribution >= 0.6 is 0 Å². The summed E-state index contributed by atoms with van der Waals surface area (Å²) < 4.78 is 52.2. The quantitative estimate of drug-likeness (QED) is 0.0668. The van der Waals surface area contributed by atoms with Gasteiger partial charge in [0.25, 0.3) is 35.0 Å². The Labute approximate surface area is 352 Å². The third kappa shape index (κ3) is 11.0. The lowest BCUT2D eigenvalue weighted by Gasteiger charge is -2.45. The Kier molecular flexibility index (Phi) is 13.8. The number of cyclic esters (lactones) is 2. The molecule has 2 saturated heterocycles. The molecule has 2 atom stereocenters. The van der Waals surface area contributed by atoms with Crippen molar-refractivity contribution in [3.8, 4) is 12.5 Å².